The van der Waals surface area contributed by atoms with E-state index < -0.39 is 23.6 Å². The number of ether oxygens (including phenoxy) is 1. The SMILES string of the molecule is CCC(=C(c1ccc(O)cc1)c1ccc(OCCN2CCN(CCCCCCC(=O)N[C@H](C(=O)N3C[C@H](O)C[C@H]3C(=O)NCc3ccc(-c4scnc4C)cc3)C(C)(C)C)CC2)cc1)c1ccc(O)cc1. The number of aromatic nitrogens is 1. The first-order chi connectivity index (χ1) is 34.2. The van der Waals surface area contributed by atoms with Crippen LogP contribution in [-0.2, 0) is 20.9 Å². The molecule has 0 bridgehead atoms. The Morgan fingerprint density at radius 2 is 1.38 bits per heavy atom. The van der Waals surface area contributed by atoms with Gasteiger partial charge in [-0.25, -0.2) is 4.98 Å². The summed E-state index contributed by atoms with van der Waals surface area (Å²) in [6.07, 6.45) is 4.13. The van der Waals surface area contributed by atoms with Gasteiger partial charge >= 0.3 is 0 Å². The predicted octanol–water partition coefficient (Wildman–Crippen LogP) is 8.65. The number of carbonyl (C=O) groups is 3. The minimum absolute atomic E-state index is 0.0382. The molecule has 0 radical (unpaired) electrons. The van der Waals surface area contributed by atoms with Gasteiger partial charge in [0.2, 0.25) is 17.7 Å². The van der Waals surface area contributed by atoms with Crippen LogP contribution >= 0.6 is 11.3 Å². The number of nitrogens with zero attached hydrogens (tertiary/aromatic N) is 4. The van der Waals surface area contributed by atoms with Crippen LogP contribution in [0.5, 0.6) is 17.2 Å². The van der Waals surface area contributed by atoms with Gasteiger partial charge < -0.3 is 40.5 Å². The van der Waals surface area contributed by atoms with Gasteiger partial charge in [-0.15, -0.1) is 11.3 Å². The van der Waals surface area contributed by atoms with Gasteiger partial charge in [-0.1, -0.05) is 101 Å². The van der Waals surface area contributed by atoms with E-state index in [2.05, 4.69) is 44.5 Å². The fourth-order valence-electron chi connectivity index (χ4n) is 9.57. The molecule has 5 N–H and O–H groups in total. The molecule has 2 saturated heterocycles. The highest BCUT2D eigenvalue weighted by Gasteiger charge is 2.44. The van der Waals surface area contributed by atoms with Crippen LogP contribution in [-0.4, -0.2) is 123 Å². The number of benzene rings is 4. The Morgan fingerprint density at radius 3 is 1.97 bits per heavy atom. The third-order valence-corrected chi connectivity index (χ3v) is 14.6. The Hall–Kier alpha value is -6.06. The Labute approximate surface area is 423 Å². The van der Waals surface area contributed by atoms with Crippen molar-refractivity contribution >= 4 is 40.2 Å². The number of phenols is 2. The van der Waals surface area contributed by atoms with Crippen molar-refractivity contribution in [1.82, 2.24) is 30.3 Å². The molecule has 13 nitrogen and oxygen atoms in total. The maximum absolute atomic E-state index is 14.1. The van der Waals surface area contributed by atoms with Gasteiger partial charge in [0.25, 0.3) is 0 Å². The van der Waals surface area contributed by atoms with E-state index in [1.165, 1.54) is 4.90 Å². The molecule has 1 aromatic heterocycles. The fourth-order valence-corrected chi connectivity index (χ4v) is 10.4. The van der Waals surface area contributed by atoms with Crippen molar-refractivity contribution < 1.29 is 34.4 Å². The molecule has 0 unspecified atom stereocenters. The monoisotopic (exact) mass is 985 g/mol. The molecule has 3 heterocycles. The summed E-state index contributed by atoms with van der Waals surface area (Å²) in [6.45, 7) is 16.6. The number of unbranched alkanes of at least 4 members (excludes halogenated alkanes) is 3. The molecule has 2 aliphatic rings. The molecule has 2 aliphatic heterocycles. The number of aliphatic hydroxyl groups is 1. The fraction of sp³-hybridized carbons (Fsp3) is 0.439. The van der Waals surface area contributed by atoms with Gasteiger partial charge in [-0.2, -0.15) is 0 Å². The molecule has 3 atom stereocenters. The van der Waals surface area contributed by atoms with Crippen LogP contribution in [0.25, 0.3) is 21.6 Å². The molecular weight excluding hydrogens is 913 g/mol. The van der Waals surface area contributed by atoms with Crippen molar-refractivity contribution in [3.05, 3.63) is 131 Å². The summed E-state index contributed by atoms with van der Waals surface area (Å²) in [6, 6.07) is 29.1. The summed E-state index contributed by atoms with van der Waals surface area (Å²) in [5.41, 5.74) is 9.47. The predicted molar refractivity (Wildman–Crippen MR) is 282 cm³/mol. The molecule has 5 aromatic rings. The second-order valence-electron chi connectivity index (χ2n) is 20.0. The lowest BCUT2D eigenvalue weighted by Gasteiger charge is -2.35. The minimum Gasteiger partial charge on any atom is -0.508 e. The van der Waals surface area contributed by atoms with Crippen molar-refractivity contribution in [2.24, 2.45) is 5.41 Å². The first-order valence-electron chi connectivity index (χ1n) is 25.2. The van der Waals surface area contributed by atoms with E-state index >= 15 is 0 Å². The molecule has 14 heteroatoms. The number of nitrogens with one attached hydrogen (secondary N) is 2. The number of likely N-dealkylation sites (tertiary alicyclic amines) is 1. The molecule has 2 fully saturated rings. The molecule has 3 amide bonds. The van der Waals surface area contributed by atoms with Crippen LogP contribution in [0.4, 0.5) is 0 Å². The van der Waals surface area contributed by atoms with E-state index in [1.54, 1.807) is 35.6 Å². The van der Waals surface area contributed by atoms with E-state index in [1.807, 2.05) is 93.9 Å². The van der Waals surface area contributed by atoms with Crippen LogP contribution < -0.4 is 15.4 Å². The van der Waals surface area contributed by atoms with E-state index in [4.69, 9.17) is 4.74 Å². The number of aromatic hydroxyl groups is 2. The normalized spacial score (nSPS) is 17.4. The molecular formula is C57H72N6O7S. The van der Waals surface area contributed by atoms with Crippen LogP contribution in [0.3, 0.4) is 0 Å². The second kappa shape index (κ2) is 24.9. The van der Waals surface area contributed by atoms with Gasteiger partial charge in [0, 0.05) is 58.7 Å². The highest BCUT2D eigenvalue weighted by molar-refractivity contribution is 7.13. The molecule has 71 heavy (non-hydrogen) atoms. The number of β-amino-alcohol motifs (C(OH)–C–C–N with tert-alkyl or cyclic N) is 1. The van der Waals surface area contributed by atoms with Crippen LogP contribution in [0.1, 0.15) is 101 Å². The van der Waals surface area contributed by atoms with E-state index in [9.17, 15) is 29.7 Å². The summed E-state index contributed by atoms with van der Waals surface area (Å²) in [5.74, 6) is 0.398. The van der Waals surface area contributed by atoms with Gasteiger partial charge in [0.15, 0.2) is 0 Å². The van der Waals surface area contributed by atoms with Crippen molar-refractivity contribution in [2.45, 2.75) is 104 Å². The molecule has 0 aliphatic carbocycles. The number of hydrogen-bond donors (Lipinski definition) is 5. The zero-order valence-electron chi connectivity index (χ0n) is 42.0. The zero-order valence-corrected chi connectivity index (χ0v) is 42.8. The number of amides is 3. The zero-order chi connectivity index (χ0) is 50.5. The number of piperazine rings is 1. The Balaban J connectivity index is 0.789. The number of phenolic OH excluding ortho intramolecular Hbond substituents is 2. The largest absolute Gasteiger partial charge is 0.508 e. The number of hydrogen-bond acceptors (Lipinski definition) is 11. The average Bonchev–Trinajstić information content (AvgIpc) is 3.98. The summed E-state index contributed by atoms with van der Waals surface area (Å²) >= 11 is 1.59. The Kier molecular flexibility index (Phi) is 18.5. The third kappa shape index (κ3) is 14.5. The van der Waals surface area contributed by atoms with E-state index in [-0.39, 0.29) is 48.7 Å². The van der Waals surface area contributed by atoms with E-state index in [0.29, 0.717) is 13.0 Å². The molecule has 7 rings (SSSR count). The van der Waals surface area contributed by atoms with Crippen molar-refractivity contribution in [1.29, 1.82) is 0 Å². The standard InChI is InChI=1S/C57H72N6O7S/c1-6-49(41-16-22-45(64)23-17-41)52(42-18-24-46(65)25-19-42)43-20-26-48(27-21-43)70-34-33-62-31-29-61(30-32-62)28-10-8-7-9-11-51(67)60-54(57(3,4)5)56(69)63-37-47(66)35-50(63)55(68)58-36-40-12-14-44(15-13-40)53-39(2)59-38-71-53/h12-27,38,47,50,54,64-66H,6-11,28-37H2,1-5H3,(H,58,68)(H,60,67)/t47-,50+,54-/m1/s1. The summed E-state index contributed by atoms with van der Waals surface area (Å²) < 4.78 is 6.21. The second-order valence-corrected chi connectivity index (χ2v) is 20.8. The van der Waals surface area contributed by atoms with Gasteiger partial charge in [-0.05, 0) is 114 Å². The number of carbonyl (C=O) groups excluding carboxylic acids is 3. The summed E-state index contributed by atoms with van der Waals surface area (Å²) in [4.78, 5) is 52.7. The van der Waals surface area contributed by atoms with Crippen LogP contribution in [0.15, 0.2) is 103 Å². The number of aryl methyl sites for hydroxylation is 1. The Bertz CT molecular complexity index is 2550. The van der Waals surface area contributed by atoms with E-state index in [0.717, 1.165) is 127 Å². The molecule has 0 saturated carbocycles. The lowest BCUT2D eigenvalue weighted by molar-refractivity contribution is -0.144. The summed E-state index contributed by atoms with van der Waals surface area (Å²) in [7, 11) is 0. The van der Waals surface area contributed by atoms with Crippen LogP contribution in [0.2, 0.25) is 0 Å². The highest BCUT2D eigenvalue weighted by Crippen LogP contribution is 2.36. The Morgan fingerprint density at radius 1 is 0.789 bits per heavy atom. The van der Waals surface area contributed by atoms with Gasteiger partial charge in [-0.3, -0.25) is 19.3 Å². The van der Waals surface area contributed by atoms with Crippen molar-refractivity contribution in [2.75, 3.05) is 52.4 Å². The number of rotatable bonds is 21. The molecule has 378 valence electrons. The quantitative estimate of drug-likeness (QED) is 0.0355. The number of allylic oxidation sites excluding steroid dienone is 1. The molecule has 4 aromatic carbocycles. The lowest BCUT2D eigenvalue weighted by Crippen LogP contribution is -2.57. The third-order valence-electron chi connectivity index (χ3n) is 13.7. The van der Waals surface area contributed by atoms with Crippen molar-refractivity contribution in [3.8, 4) is 27.7 Å². The lowest BCUT2D eigenvalue weighted by atomic mass is 9.85. The smallest absolute Gasteiger partial charge is 0.246 e. The minimum atomic E-state index is -0.845. The number of aliphatic hydroxyl groups excluding tert-OH is 1. The van der Waals surface area contributed by atoms with Gasteiger partial charge in [0.1, 0.15) is 35.9 Å². The first-order valence-corrected chi connectivity index (χ1v) is 26.1. The van der Waals surface area contributed by atoms with Crippen LogP contribution in [0, 0.1) is 12.3 Å². The molecule has 0 spiro atoms. The maximum atomic E-state index is 14.1. The number of thiazole rings is 1. The topological polar surface area (TPSA) is 168 Å². The van der Waals surface area contributed by atoms with Crippen molar-refractivity contribution in [3.63, 3.8) is 0 Å². The average molecular weight is 985 g/mol. The highest BCUT2D eigenvalue weighted by atomic mass is 32.1. The maximum Gasteiger partial charge on any atom is 0.246 e. The first kappa shape index (κ1) is 52.8. The van der Waals surface area contributed by atoms with Gasteiger partial charge in [0.05, 0.1) is 22.2 Å². The summed E-state index contributed by atoms with van der Waals surface area (Å²) in [5, 5.41) is 36.5.